The van der Waals surface area contributed by atoms with Crippen LogP contribution in [0.3, 0.4) is 0 Å². The number of aromatic nitrogens is 6. The van der Waals surface area contributed by atoms with Gasteiger partial charge < -0.3 is 15.0 Å². The molecule has 0 saturated carbocycles. The van der Waals surface area contributed by atoms with Crippen LogP contribution in [0, 0.1) is 5.82 Å². The number of fused-ring (bicyclic) bond motifs is 2. The monoisotopic (exact) mass is 505 g/mol. The van der Waals surface area contributed by atoms with Gasteiger partial charge in [-0.05, 0) is 62.3 Å². The summed E-state index contributed by atoms with van der Waals surface area (Å²) < 4.78 is 20.8. The van der Waals surface area contributed by atoms with Crippen LogP contribution in [-0.4, -0.2) is 49.3 Å². The fourth-order valence-corrected chi connectivity index (χ4v) is 5.06. The summed E-state index contributed by atoms with van der Waals surface area (Å²) in [7, 11) is 0. The summed E-state index contributed by atoms with van der Waals surface area (Å²) in [5, 5.41) is 12.7. The highest BCUT2D eigenvalue weighted by Gasteiger charge is 2.18. The van der Waals surface area contributed by atoms with Crippen LogP contribution in [0.4, 0.5) is 4.39 Å². The summed E-state index contributed by atoms with van der Waals surface area (Å²) in [4.78, 5) is 17.0. The second-order valence-corrected chi connectivity index (χ2v) is 9.45. The molecule has 0 amide bonds. The molecule has 0 bridgehead atoms. The van der Waals surface area contributed by atoms with Gasteiger partial charge in [0, 0.05) is 39.8 Å². The summed E-state index contributed by atoms with van der Waals surface area (Å²) in [6.07, 6.45) is 9.14. The molecule has 9 heteroatoms. The van der Waals surface area contributed by atoms with Crippen LogP contribution in [-0.2, 0) is 0 Å². The van der Waals surface area contributed by atoms with Crippen molar-refractivity contribution in [3.63, 3.8) is 0 Å². The molecule has 3 N–H and O–H groups in total. The minimum Gasteiger partial charge on any atom is -0.489 e. The van der Waals surface area contributed by atoms with Gasteiger partial charge in [-0.1, -0.05) is 12.1 Å². The Morgan fingerprint density at radius 2 is 1.74 bits per heavy atom. The first-order chi connectivity index (χ1) is 18.7. The average Bonchev–Trinajstić information content (AvgIpc) is 3.58. The van der Waals surface area contributed by atoms with Crippen molar-refractivity contribution in [2.75, 3.05) is 13.1 Å². The van der Waals surface area contributed by atoms with Crippen molar-refractivity contribution in [2.45, 2.75) is 18.9 Å². The van der Waals surface area contributed by atoms with Crippen molar-refractivity contribution in [1.82, 2.24) is 35.5 Å². The third kappa shape index (κ3) is 4.06. The first kappa shape index (κ1) is 22.6. The molecule has 0 spiro atoms. The molecule has 0 aliphatic carbocycles. The topological polar surface area (TPSA) is 104 Å². The van der Waals surface area contributed by atoms with E-state index in [1.54, 1.807) is 36.9 Å². The second-order valence-electron chi connectivity index (χ2n) is 9.45. The molecule has 1 aliphatic rings. The molecule has 0 radical (unpaired) electrons. The Hall–Kier alpha value is -4.63. The number of hydrogen-bond donors (Lipinski definition) is 3. The molecular weight excluding hydrogens is 481 g/mol. The highest BCUT2D eigenvalue weighted by atomic mass is 19.1. The van der Waals surface area contributed by atoms with E-state index in [2.05, 4.69) is 35.5 Å². The Morgan fingerprint density at radius 1 is 0.868 bits per heavy atom. The van der Waals surface area contributed by atoms with Crippen molar-refractivity contribution < 1.29 is 9.13 Å². The zero-order valence-corrected chi connectivity index (χ0v) is 20.4. The first-order valence-electron chi connectivity index (χ1n) is 12.6. The number of nitrogens with zero attached hydrogens (tertiary/aromatic N) is 4. The van der Waals surface area contributed by atoms with Crippen molar-refractivity contribution in [3.8, 4) is 39.7 Å². The van der Waals surface area contributed by atoms with Crippen LogP contribution in [0.2, 0.25) is 0 Å². The number of aromatic amines is 2. The smallest absolute Gasteiger partial charge is 0.138 e. The van der Waals surface area contributed by atoms with Crippen molar-refractivity contribution in [3.05, 3.63) is 79.1 Å². The van der Waals surface area contributed by atoms with Crippen LogP contribution < -0.4 is 10.1 Å². The summed E-state index contributed by atoms with van der Waals surface area (Å²) in [6, 6.07) is 14.5. The van der Waals surface area contributed by atoms with Gasteiger partial charge in [0.25, 0.3) is 0 Å². The summed E-state index contributed by atoms with van der Waals surface area (Å²) in [5.41, 5.74) is 5.89. The van der Waals surface area contributed by atoms with Gasteiger partial charge >= 0.3 is 0 Å². The predicted octanol–water partition coefficient (Wildman–Crippen LogP) is 5.50. The summed E-state index contributed by atoms with van der Waals surface area (Å²) >= 11 is 0. The molecule has 188 valence electrons. The molecule has 1 aromatic carbocycles. The lowest BCUT2D eigenvalue weighted by molar-refractivity contribution is 0.162. The van der Waals surface area contributed by atoms with Crippen LogP contribution in [0.5, 0.6) is 5.75 Å². The Labute approximate surface area is 217 Å². The third-order valence-corrected chi connectivity index (χ3v) is 6.98. The van der Waals surface area contributed by atoms with Crippen molar-refractivity contribution in [1.29, 1.82) is 0 Å². The number of rotatable bonds is 5. The van der Waals surface area contributed by atoms with Gasteiger partial charge in [-0.15, -0.1) is 0 Å². The highest BCUT2D eigenvalue weighted by molar-refractivity contribution is 6.00. The maximum Gasteiger partial charge on any atom is 0.138 e. The standard InChI is InChI=1S/C29H24FN7O/c30-23-4-2-1-3-20(23)28-21-13-26(35-24(21)7-10-33-28)29-22-12-25(34-16-27(22)36-37-29)17-11-19(15-32-14-17)38-18-5-8-31-9-6-18/h1-4,7,10-16,18,31,35H,5-6,8-9H2,(H,36,37). The van der Waals surface area contributed by atoms with Gasteiger partial charge in [0.15, 0.2) is 0 Å². The number of H-pyrrole nitrogens is 2. The fraction of sp³-hybridized carbons (Fsp3) is 0.172. The molecule has 6 aromatic rings. The van der Waals surface area contributed by atoms with E-state index < -0.39 is 0 Å². The molecule has 1 saturated heterocycles. The second kappa shape index (κ2) is 9.35. The van der Waals surface area contributed by atoms with Gasteiger partial charge in [-0.3, -0.25) is 20.1 Å². The molecule has 0 unspecified atom stereocenters. The summed E-state index contributed by atoms with van der Waals surface area (Å²) in [5.74, 6) is 0.434. The lowest BCUT2D eigenvalue weighted by Gasteiger charge is -2.23. The minimum atomic E-state index is -0.309. The third-order valence-electron chi connectivity index (χ3n) is 6.98. The van der Waals surface area contributed by atoms with Crippen LogP contribution in [0.25, 0.3) is 55.7 Å². The Balaban J connectivity index is 1.26. The molecule has 7 rings (SSSR count). The van der Waals surface area contributed by atoms with Gasteiger partial charge in [-0.2, -0.15) is 5.10 Å². The van der Waals surface area contributed by atoms with Gasteiger partial charge in [0.2, 0.25) is 0 Å². The van der Waals surface area contributed by atoms with Crippen molar-refractivity contribution in [2.24, 2.45) is 0 Å². The van der Waals surface area contributed by atoms with Gasteiger partial charge in [0.05, 0.1) is 35.0 Å². The molecule has 6 heterocycles. The number of ether oxygens (including phenoxy) is 1. The quantitative estimate of drug-likeness (QED) is 0.286. The average molecular weight is 506 g/mol. The number of piperidine rings is 1. The lowest BCUT2D eigenvalue weighted by Crippen LogP contribution is -2.34. The zero-order chi connectivity index (χ0) is 25.5. The molecule has 8 nitrogen and oxygen atoms in total. The molecule has 0 atom stereocenters. The van der Waals surface area contributed by atoms with Crippen LogP contribution in [0.15, 0.2) is 73.3 Å². The maximum absolute atomic E-state index is 14.6. The lowest BCUT2D eigenvalue weighted by atomic mass is 10.1. The predicted molar refractivity (Wildman–Crippen MR) is 144 cm³/mol. The highest BCUT2D eigenvalue weighted by Crippen LogP contribution is 2.34. The number of hydrogen-bond acceptors (Lipinski definition) is 6. The van der Waals surface area contributed by atoms with E-state index in [-0.39, 0.29) is 11.9 Å². The largest absolute Gasteiger partial charge is 0.489 e. The minimum absolute atomic E-state index is 0.190. The molecule has 38 heavy (non-hydrogen) atoms. The fourth-order valence-electron chi connectivity index (χ4n) is 5.06. The Bertz CT molecular complexity index is 1770. The van der Waals surface area contributed by atoms with Crippen LogP contribution in [0.1, 0.15) is 12.8 Å². The van der Waals surface area contributed by atoms with E-state index in [1.807, 2.05) is 30.3 Å². The van der Waals surface area contributed by atoms with E-state index in [0.29, 0.717) is 11.3 Å². The van der Waals surface area contributed by atoms with E-state index in [0.717, 1.165) is 76.1 Å². The molecule has 1 fully saturated rings. The van der Waals surface area contributed by atoms with E-state index >= 15 is 0 Å². The van der Waals surface area contributed by atoms with E-state index in [1.165, 1.54) is 6.07 Å². The van der Waals surface area contributed by atoms with E-state index in [9.17, 15) is 4.39 Å². The van der Waals surface area contributed by atoms with Crippen LogP contribution >= 0.6 is 0 Å². The first-order valence-corrected chi connectivity index (χ1v) is 12.6. The Morgan fingerprint density at radius 3 is 2.63 bits per heavy atom. The van der Waals surface area contributed by atoms with E-state index in [4.69, 9.17) is 4.74 Å². The number of nitrogens with one attached hydrogen (secondary N) is 3. The molecular formula is C29H24FN7O. The van der Waals surface area contributed by atoms with Crippen molar-refractivity contribution >= 4 is 21.8 Å². The SMILES string of the molecule is Fc1ccccc1-c1nccc2[nH]c(-c3n[nH]c4cnc(-c5cncc(OC6CCNCC6)c5)cc34)cc12. The number of halogens is 1. The Kier molecular flexibility index (Phi) is 5.55. The molecule has 1 aliphatic heterocycles. The molecule has 5 aromatic heterocycles. The summed E-state index contributed by atoms with van der Waals surface area (Å²) in [6.45, 7) is 1.93. The number of pyridine rings is 3. The maximum atomic E-state index is 14.6. The zero-order valence-electron chi connectivity index (χ0n) is 20.4. The normalized spacial score (nSPS) is 14.3. The van der Waals surface area contributed by atoms with Gasteiger partial charge in [0.1, 0.15) is 23.4 Å². The van der Waals surface area contributed by atoms with Gasteiger partial charge in [-0.25, -0.2) is 4.39 Å². The number of benzene rings is 1.